The summed E-state index contributed by atoms with van der Waals surface area (Å²) >= 11 is 0. The number of nitrogens with zero attached hydrogens (tertiary/aromatic N) is 2. The Balaban J connectivity index is 0.000000185. The van der Waals surface area contributed by atoms with Crippen LogP contribution in [-0.4, -0.2) is 64.8 Å². The lowest BCUT2D eigenvalue weighted by molar-refractivity contribution is 0.324. The van der Waals surface area contributed by atoms with Crippen LogP contribution < -0.4 is 33.2 Å². The maximum atomic E-state index is 10.2. The Labute approximate surface area is 273 Å². The van der Waals surface area contributed by atoms with Gasteiger partial charge in [0.1, 0.15) is 11.5 Å². The fraction of sp³-hybridized carbons (Fsp3) is 0.189. The number of benzene rings is 4. The number of hydrogen-bond acceptors (Lipinski definition) is 10. The van der Waals surface area contributed by atoms with Crippen molar-refractivity contribution < 1.29 is 38.3 Å². The van der Waals surface area contributed by atoms with Crippen LogP contribution in [0.3, 0.4) is 0 Å². The summed E-state index contributed by atoms with van der Waals surface area (Å²) in [5.74, 6) is 4.36. The van der Waals surface area contributed by atoms with Crippen LogP contribution >= 0.6 is 0 Å². The van der Waals surface area contributed by atoms with E-state index in [0.29, 0.717) is 39.9 Å². The Kier molecular flexibility index (Phi) is 10.0. The second kappa shape index (κ2) is 14.5. The second-order valence-corrected chi connectivity index (χ2v) is 10.1. The molecule has 0 fully saturated rings. The van der Waals surface area contributed by atoms with Gasteiger partial charge in [0.15, 0.2) is 23.0 Å². The summed E-state index contributed by atoms with van der Waals surface area (Å²) in [4.78, 5) is 8.73. The minimum atomic E-state index is 0.180. The fourth-order valence-corrected chi connectivity index (χ4v) is 5.31. The number of phenols is 1. The lowest BCUT2D eigenvalue weighted by Crippen LogP contribution is -1.96. The molecule has 2 aromatic heterocycles. The van der Waals surface area contributed by atoms with E-state index in [1.807, 2.05) is 60.7 Å². The highest BCUT2D eigenvalue weighted by atomic mass is 16.5. The van der Waals surface area contributed by atoms with Gasteiger partial charge in [0.25, 0.3) is 0 Å². The normalized spacial score (nSPS) is 10.5. The number of aromatic nitrogens is 2. The minimum Gasteiger partial charge on any atom is -0.507 e. The standard InChI is InChI=1S/C19H19NO4.C18H17NO4/c1-21-16-9-12(8-15-14(16)6-5-7-20-15)13-10-17(22-2)19(24-4)18(11-13)23-3;1-21-16-9-12(10-17(22-2)18(16)23-3)11-7-14-13(15(20)8-11)5-4-6-19-14/h5-11H,1-4H3;4-10,20H,1-3H3. The molecular weight excluding hydrogens is 600 g/mol. The molecule has 2 heterocycles. The van der Waals surface area contributed by atoms with Crippen LogP contribution in [0, 0.1) is 0 Å². The van der Waals surface area contributed by atoms with E-state index in [0.717, 1.165) is 44.4 Å². The van der Waals surface area contributed by atoms with Gasteiger partial charge < -0.3 is 38.3 Å². The molecule has 0 radical (unpaired) electrons. The van der Waals surface area contributed by atoms with Crippen molar-refractivity contribution >= 4 is 21.8 Å². The summed E-state index contributed by atoms with van der Waals surface area (Å²) in [6.07, 6.45) is 3.46. The number of phenolic OH excluding ortho intramolecular Hbond substituents is 1. The third kappa shape index (κ3) is 6.57. The molecular formula is C37H36N2O8. The van der Waals surface area contributed by atoms with Crippen molar-refractivity contribution in [1.82, 2.24) is 9.97 Å². The zero-order valence-electron chi connectivity index (χ0n) is 27.3. The van der Waals surface area contributed by atoms with E-state index in [4.69, 9.17) is 33.2 Å². The molecule has 0 aliphatic rings. The van der Waals surface area contributed by atoms with Gasteiger partial charge in [-0.05, 0) is 95.1 Å². The number of fused-ring (bicyclic) bond motifs is 2. The first kappa shape index (κ1) is 32.5. The molecule has 6 rings (SSSR count). The van der Waals surface area contributed by atoms with Crippen LogP contribution in [0.4, 0.5) is 0 Å². The molecule has 0 spiro atoms. The molecule has 0 unspecified atom stereocenters. The van der Waals surface area contributed by atoms with E-state index in [1.54, 1.807) is 74.3 Å². The van der Waals surface area contributed by atoms with Gasteiger partial charge in [-0.2, -0.15) is 0 Å². The summed E-state index contributed by atoms with van der Waals surface area (Å²) in [6, 6.07) is 22.6. The van der Waals surface area contributed by atoms with E-state index < -0.39 is 0 Å². The molecule has 47 heavy (non-hydrogen) atoms. The lowest BCUT2D eigenvalue weighted by atomic mass is 10.0. The van der Waals surface area contributed by atoms with Crippen LogP contribution in [0.15, 0.2) is 85.2 Å². The van der Waals surface area contributed by atoms with Gasteiger partial charge in [-0.25, -0.2) is 0 Å². The quantitative estimate of drug-likeness (QED) is 0.171. The van der Waals surface area contributed by atoms with Gasteiger partial charge in [-0.3, -0.25) is 9.97 Å². The molecule has 0 saturated heterocycles. The molecule has 1 N–H and O–H groups in total. The molecule has 0 amide bonds. The van der Waals surface area contributed by atoms with Gasteiger partial charge in [-0.1, -0.05) is 0 Å². The molecule has 6 aromatic rings. The highest BCUT2D eigenvalue weighted by Crippen LogP contribution is 2.44. The average molecular weight is 637 g/mol. The molecule has 0 atom stereocenters. The number of ether oxygens (including phenoxy) is 7. The van der Waals surface area contributed by atoms with E-state index in [9.17, 15) is 5.11 Å². The number of hydrogen-bond donors (Lipinski definition) is 1. The van der Waals surface area contributed by atoms with Crippen molar-refractivity contribution in [3.8, 4) is 68.2 Å². The topological polar surface area (TPSA) is 111 Å². The fourth-order valence-electron chi connectivity index (χ4n) is 5.31. The Bertz CT molecular complexity index is 1980. The smallest absolute Gasteiger partial charge is 0.203 e. The van der Waals surface area contributed by atoms with Gasteiger partial charge >= 0.3 is 0 Å². The number of methoxy groups -OCH3 is 7. The Morgan fingerprint density at radius 1 is 0.426 bits per heavy atom. The highest BCUT2D eigenvalue weighted by Gasteiger charge is 2.17. The zero-order valence-corrected chi connectivity index (χ0v) is 27.3. The SMILES string of the molecule is COc1cc(-c2cc(O)c3cccnc3c2)cc(OC)c1OC.COc1cc(-c2cc(OC)c3cccnc3c2)cc(OC)c1OC. The van der Waals surface area contributed by atoms with Crippen molar-refractivity contribution in [1.29, 1.82) is 0 Å². The van der Waals surface area contributed by atoms with E-state index >= 15 is 0 Å². The Morgan fingerprint density at radius 3 is 1.21 bits per heavy atom. The van der Waals surface area contributed by atoms with Crippen LogP contribution in [-0.2, 0) is 0 Å². The zero-order chi connectivity index (χ0) is 33.5. The van der Waals surface area contributed by atoms with E-state index in [-0.39, 0.29) is 5.75 Å². The van der Waals surface area contributed by atoms with E-state index in [1.165, 1.54) is 0 Å². The molecule has 0 saturated carbocycles. The van der Waals surface area contributed by atoms with Gasteiger partial charge in [0, 0.05) is 23.2 Å². The van der Waals surface area contributed by atoms with Gasteiger partial charge in [0.2, 0.25) is 11.5 Å². The lowest BCUT2D eigenvalue weighted by Gasteiger charge is -2.15. The second-order valence-electron chi connectivity index (χ2n) is 10.1. The first-order chi connectivity index (χ1) is 22.9. The van der Waals surface area contributed by atoms with Gasteiger partial charge in [-0.15, -0.1) is 0 Å². The van der Waals surface area contributed by atoms with Gasteiger partial charge in [0.05, 0.1) is 60.8 Å². The van der Waals surface area contributed by atoms with E-state index in [2.05, 4.69) is 9.97 Å². The first-order valence-corrected chi connectivity index (χ1v) is 14.5. The predicted molar refractivity (Wildman–Crippen MR) is 182 cm³/mol. The number of aromatic hydroxyl groups is 1. The van der Waals surface area contributed by atoms with Crippen LogP contribution in [0.2, 0.25) is 0 Å². The monoisotopic (exact) mass is 636 g/mol. The summed E-state index contributed by atoms with van der Waals surface area (Å²) in [5.41, 5.74) is 5.11. The van der Waals surface area contributed by atoms with Crippen molar-refractivity contribution in [2.75, 3.05) is 49.8 Å². The molecule has 0 aliphatic heterocycles. The maximum Gasteiger partial charge on any atom is 0.203 e. The summed E-state index contributed by atoms with van der Waals surface area (Å²) in [6.45, 7) is 0. The van der Waals surface area contributed by atoms with Crippen molar-refractivity contribution in [2.24, 2.45) is 0 Å². The molecule has 0 bridgehead atoms. The summed E-state index contributed by atoms with van der Waals surface area (Å²) < 4.78 is 37.8. The molecule has 0 aliphatic carbocycles. The highest BCUT2D eigenvalue weighted by molar-refractivity contribution is 5.91. The summed E-state index contributed by atoms with van der Waals surface area (Å²) in [7, 11) is 11.1. The molecule has 10 heteroatoms. The van der Waals surface area contributed by atoms with Crippen molar-refractivity contribution in [3.63, 3.8) is 0 Å². The molecule has 4 aromatic carbocycles. The third-order valence-corrected chi connectivity index (χ3v) is 7.60. The maximum absolute atomic E-state index is 10.2. The van der Waals surface area contributed by atoms with Crippen LogP contribution in [0.1, 0.15) is 0 Å². The van der Waals surface area contributed by atoms with Crippen molar-refractivity contribution in [2.45, 2.75) is 0 Å². The summed E-state index contributed by atoms with van der Waals surface area (Å²) in [5, 5.41) is 11.9. The largest absolute Gasteiger partial charge is 0.507 e. The van der Waals surface area contributed by atoms with Crippen molar-refractivity contribution in [3.05, 3.63) is 85.2 Å². The van der Waals surface area contributed by atoms with Crippen LogP contribution in [0.25, 0.3) is 44.1 Å². The van der Waals surface area contributed by atoms with Crippen LogP contribution in [0.5, 0.6) is 46.0 Å². The number of rotatable bonds is 9. The molecule has 10 nitrogen and oxygen atoms in total. The first-order valence-electron chi connectivity index (χ1n) is 14.5. The molecule has 242 valence electrons. The third-order valence-electron chi connectivity index (χ3n) is 7.60. The predicted octanol–water partition coefficient (Wildman–Crippen LogP) is 7.57. The number of pyridine rings is 2. The average Bonchev–Trinajstić information content (AvgIpc) is 3.13. The Morgan fingerprint density at radius 2 is 0.787 bits per heavy atom. The Hall–Kier alpha value is -5.90. The minimum absolute atomic E-state index is 0.180.